The maximum Gasteiger partial charge on any atom is 0.224 e. The van der Waals surface area contributed by atoms with E-state index in [1.54, 1.807) is 18.4 Å². The zero-order chi connectivity index (χ0) is 23.3. The number of hydrogen-bond acceptors (Lipinski definition) is 6. The summed E-state index contributed by atoms with van der Waals surface area (Å²) in [6.45, 7) is 1.77. The summed E-state index contributed by atoms with van der Waals surface area (Å²) in [4.78, 5) is 18.0. The van der Waals surface area contributed by atoms with Crippen molar-refractivity contribution in [2.75, 3.05) is 20.3 Å². The van der Waals surface area contributed by atoms with Crippen LogP contribution in [0.5, 0.6) is 11.5 Å². The number of nitrogens with one attached hydrogen (secondary N) is 1. The highest BCUT2D eigenvalue weighted by atomic mass is 32.1. The Balaban J connectivity index is 1.23. The molecule has 6 nitrogen and oxygen atoms in total. The standard InChI is InChI=1S/C27H30N2O4S/c1-31-24-15-18(12-13-23(24)33-17-19-7-6-14-32-19)16-28-26(30)20-8-2-3-9-21(20)27-29-22-10-4-5-11-25(22)34-27/h2-5,10-13,15,19-21H,6-9,14,16-17H2,1H3,(H,28,30). The highest BCUT2D eigenvalue weighted by molar-refractivity contribution is 7.18. The number of carbonyl (C=O) groups is 1. The number of allylic oxidation sites excluding steroid dienone is 2. The first-order valence-electron chi connectivity index (χ1n) is 11.9. The Morgan fingerprint density at radius 3 is 2.88 bits per heavy atom. The fourth-order valence-corrected chi connectivity index (χ4v) is 5.79. The Bertz CT molecular complexity index is 1140. The SMILES string of the molecule is COc1cc(CNC(=O)C2CC=CCC2c2nc3ccccc3s2)ccc1OCC1CCCO1. The lowest BCUT2D eigenvalue weighted by Crippen LogP contribution is -2.34. The highest BCUT2D eigenvalue weighted by Crippen LogP contribution is 2.38. The number of nitrogens with zero attached hydrogens (tertiary/aromatic N) is 1. The highest BCUT2D eigenvalue weighted by Gasteiger charge is 2.32. The molecule has 1 saturated heterocycles. The molecule has 0 bridgehead atoms. The predicted octanol–water partition coefficient (Wildman–Crippen LogP) is 5.23. The van der Waals surface area contributed by atoms with Gasteiger partial charge in [0.15, 0.2) is 11.5 Å². The van der Waals surface area contributed by atoms with E-state index in [1.165, 1.54) is 4.70 Å². The van der Waals surface area contributed by atoms with Crippen molar-refractivity contribution >= 4 is 27.5 Å². The number of carbonyl (C=O) groups excluding carboxylic acids is 1. The van der Waals surface area contributed by atoms with E-state index < -0.39 is 0 Å². The summed E-state index contributed by atoms with van der Waals surface area (Å²) in [5.74, 6) is 1.40. The van der Waals surface area contributed by atoms with Gasteiger partial charge in [0.05, 0.1) is 34.4 Å². The summed E-state index contributed by atoms with van der Waals surface area (Å²) >= 11 is 1.70. The molecule has 1 aromatic heterocycles. The van der Waals surface area contributed by atoms with Crippen molar-refractivity contribution < 1.29 is 19.0 Å². The van der Waals surface area contributed by atoms with Gasteiger partial charge in [-0.15, -0.1) is 11.3 Å². The monoisotopic (exact) mass is 478 g/mol. The lowest BCUT2D eigenvalue weighted by molar-refractivity contribution is -0.125. The maximum absolute atomic E-state index is 13.2. The van der Waals surface area contributed by atoms with Crippen LogP contribution in [0, 0.1) is 5.92 Å². The van der Waals surface area contributed by atoms with Crippen LogP contribution in [-0.4, -0.2) is 37.3 Å². The first-order chi connectivity index (χ1) is 16.7. The first kappa shape index (κ1) is 22.9. The smallest absolute Gasteiger partial charge is 0.224 e. The average Bonchev–Trinajstić information content (AvgIpc) is 3.56. The number of methoxy groups -OCH3 is 1. The van der Waals surface area contributed by atoms with Crippen LogP contribution < -0.4 is 14.8 Å². The van der Waals surface area contributed by atoms with Gasteiger partial charge in [-0.3, -0.25) is 4.79 Å². The van der Waals surface area contributed by atoms with E-state index >= 15 is 0 Å². The molecular formula is C27H30N2O4S. The van der Waals surface area contributed by atoms with Gasteiger partial charge < -0.3 is 19.5 Å². The largest absolute Gasteiger partial charge is 0.493 e. The predicted molar refractivity (Wildman–Crippen MR) is 134 cm³/mol. The molecule has 1 amide bonds. The van der Waals surface area contributed by atoms with Crippen LogP contribution in [0.15, 0.2) is 54.6 Å². The summed E-state index contributed by atoms with van der Waals surface area (Å²) < 4.78 is 18.3. The fraction of sp³-hybridized carbons (Fsp3) is 0.407. The van der Waals surface area contributed by atoms with E-state index in [9.17, 15) is 4.79 Å². The molecule has 5 rings (SSSR count). The Labute approximate surface area is 203 Å². The molecule has 1 N–H and O–H groups in total. The summed E-state index contributed by atoms with van der Waals surface area (Å²) in [6.07, 6.45) is 8.10. The molecule has 3 aromatic rings. The van der Waals surface area contributed by atoms with Gasteiger partial charge in [-0.2, -0.15) is 0 Å². The zero-order valence-corrected chi connectivity index (χ0v) is 20.2. The Morgan fingerprint density at radius 2 is 2.06 bits per heavy atom. The van der Waals surface area contributed by atoms with Gasteiger partial charge in [-0.05, 0) is 55.5 Å². The molecule has 1 fully saturated rings. The molecule has 3 atom stereocenters. The molecule has 7 heteroatoms. The van der Waals surface area contributed by atoms with E-state index in [0.29, 0.717) is 24.7 Å². The molecule has 1 aliphatic carbocycles. The van der Waals surface area contributed by atoms with Crippen LogP contribution in [0.3, 0.4) is 0 Å². The molecule has 0 saturated carbocycles. The van der Waals surface area contributed by atoms with E-state index in [0.717, 1.165) is 48.4 Å². The molecule has 0 radical (unpaired) electrons. The quantitative estimate of drug-likeness (QED) is 0.449. The Morgan fingerprint density at radius 1 is 1.18 bits per heavy atom. The second-order valence-corrected chi connectivity index (χ2v) is 9.89. The topological polar surface area (TPSA) is 69.7 Å². The molecule has 178 valence electrons. The van der Waals surface area contributed by atoms with E-state index in [-0.39, 0.29) is 23.8 Å². The number of thiazole rings is 1. The number of aromatic nitrogens is 1. The van der Waals surface area contributed by atoms with E-state index in [4.69, 9.17) is 19.2 Å². The second-order valence-electron chi connectivity index (χ2n) is 8.82. The molecule has 1 aliphatic heterocycles. The Kier molecular flexibility index (Phi) is 7.11. The van der Waals surface area contributed by atoms with Crippen molar-refractivity contribution in [3.05, 3.63) is 65.2 Å². The summed E-state index contributed by atoms with van der Waals surface area (Å²) in [7, 11) is 1.63. The third-order valence-corrected chi connectivity index (χ3v) is 7.71. The van der Waals surface area contributed by atoms with Crippen molar-refractivity contribution in [3.8, 4) is 11.5 Å². The van der Waals surface area contributed by atoms with Gasteiger partial charge >= 0.3 is 0 Å². The molecule has 2 aliphatic rings. The number of benzene rings is 2. The van der Waals surface area contributed by atoms with Crippen LogP contribution in [0.4, 0.5) is 0 Å². The molecular weight excluding hydrogens is 448 g/mol. The van der Waals surface area contributed by atoms with Gasteiger partial charge in [-0.25, -0.2) is 4.98 Å². The minimum absolute atomic E-state index is 0.0614. The van der Waals surface area contributed by atoms with Crippen molar-refractivity contribution in [1.29, 1.82) is 0 Å². The van der Waals surface area contributed by atoms with Gasteiger partial charge in [0.25, 0.3) is 0 Å². The zero-order valence-electron chi connectivity index (χ0n) is 19.4. The fourth-order valence-electron chi connectivity index (χ4n) is 4.65. The van der Waals surface area contributed by atoms with Gasteiger partial charge in [-0.1, -0.05) is 30.4 Å². The minimum atomic E-state index is -0.124. The normalized spacial score (nSPS) is 22.1. The van der Waals surface area contributed by atoms with Crippen LogP contribution in [0.1, 0.15) is 42.2 Å². The lowest BCUT2D eigenvalue weighted by atomic mass is 9.82. The molecule has 3 unspecified atom stereocenters. The number of hydrogen-bond donors (Lipinski definition) is 1. The number of amides is 1. The first-order valence-corrected chi connectivity index (χ1v) is 12.7. The summed E-state index contributed by atoms with van der Waals surface area (Å²) in [5.41, 5.74) is 1.97. The molecule has 34 heavy (non-hydrogen) atoms. The van der Waals surface area contributed by atoms with Gasteiger partial charge in [0.2, 0.25) is 5.91 Å². The van der Waals surface area contributed by atoms with Crippen molar-refractivity contribution in [3.63, 3.8) is 0 Å². The number of fused-ring (bicyclic) bond motifs is 1. The van der Waals surface area contributed by atoms with Crippen LogP contribution >= 0.6 is 11.3 Å². The summed E-state index contributed by atoms with van der Waals surface area (Å²) in [5, 5.41) is 4.18. The van der Waals surface area contributed by atoms with E-state index in [2.05, 4.69) is 23.5 Å². The molecule has 0 spiro atoms. The third-order valence-electron chi connectivity index (χ3n) is 6.54. The second kappa shape index (κ2) is 10.6. The number of ether oxygens (including phenoxy) is 3. The van der Waals surface area contributed by atoms with Crippen molar-refractivity contribution in [2.45, 2.75) is 44.2 Å². The van der Waals surface area contributed by atoms with Crippen LogP contribution in [0.2, 0.25) is 0 Å². The van der Waals surface area contributed by atoms with Crippen molar-refractivity contribution in [2.24, 2.45) is 5.92 Å². The number of para-hydroxylation sites is 1. The summed E-state index contributed by atoms with van der Waals surface area (Å²) in [6, 6.07) is 14.0. The van der Waals surface area contributed by atoms with Crippen LogP contribution in [-0.2, 0) is 16.1 Å². The average molecular weight is 479 g/mol. The molecule has 2 aromatic carbocycles. The maximum atomic E-state index is 13.2. The van der Waals surface area contributed by atoms with Crippen molar-refractivity contribution in [1.82, 2.24) is 10.3 Å². The lowest BCUT2D eigenvalue weighted by Gasteiger charge is -2.26. The third kappa shape index (κ3) is 5.10. The van der Waals surface area contributed by atoms with Gasteiger partial charge in [0, 0.05) is 19.1 Å². The van der Waals surface area contributed by atoms with E-state index in [1.807, 2.05) is 36.4 Å². The minimum Gasteiger partial charge on any atom is -0.493 e. The van der Waals surface area contributed by atoms with Gasteiger partial charge in [0.1, 0.15) is 6.61 Å². The number of rotatable bonds is 8. The molecule has 2 heterocycles. The Hall–Kier alpha value is -2.90. The van der Waals surface area contributed by atoms with Crippen LogP contribution in [0.25, 0.3) is 10.2 Å².